The van der Waals surface area contributed by atoms with Crippen molar-refractivity contribution in [3.63, 3.8) is 0 Å². The molecule has 0 aliphatic heterocycles. The monoisotopic (exact) mass is 428 g/mol. The van der Waals surface area contributed by atoms with Gasteiger partial charge in [0.15, 0.2) is 2.58 Å². The zero-order valence-corrected chi connectivity index (χ0v) is 15.6. The number of halogens is 2. The third-order valence-corrected chi connectivity index (χ3v) is 71.4. The highest BCUT2D eigenvalue weighted by Gasteiger charge is 2.50. The molecule has 0 N–H and O–H groups in total. The van der Waals surface area contributed by atoms with Gasteiger partial charge in [0, 0.05) is 7.59 Å². The van der Waals surface area contributed by atoms with Crippen molar-refractivity contribution in [1.29, 1.82) is 0 Å². The van der Waals surface area contributed by atoms with Gasteiger partial charge in [-0.15, -0.1) is 43.6 Å². The largest absolute Gasteiger partial charge is 0.176 e. The quantitative estimate of drug-likeness (QED) is 0.353. The Labute approximate surface area is 99.0 Å². The van der Waals surface area contributed by atoms with Gasteiger partial charge in [-0.2, -0.15) is 0 Å². The van der Waals surface area contributed by atoms with Gasteiger partial charge in [-0.3, -0.25) is 0 Å². The Morgan fingerprint density at radius 3 is 1.00 bits per heavy atom. The lowest BCUT2D eigenvalue weighted by molar-refractivity contribution is 1.78. The van der Waals surface area contributed by atoms with Crippen molar-refractivity contribution in [3.05, 3.63) is 0 Å². The second-order valence-electron chi connectivity index (χ2n) is 4.76. The number of rotatable bonds is 2. The molecule has 11 heavy (non-hydrogen) atoms. The van der Waals surface area contributed by atoms with Crippen LogP contribution in [0.15, 0.2) is 0 Å². The summed E-state index contributed by atoms with van der Waals surface area (Å²) in [6, 6.07) is 0. The highest BCUT2D eigenvalue weighted by Crippen LogP contribution is 2.37. The smallest absolute Gasteiger partial charge is 0.109 e. The van der Waals surface area contributed by atoms with Gasteiger partial charge >= 0.3 is 0 Å². The van der Waals surface area contributed by atoms with E-state index in [-0.39, 0.29) is 0 Å². The molecule has 0 amide bonds. The molecular weight excluding hydrogens is 410 g/mol. The molecule has 5 heteroatoms. The summed E-state index contributed by atoms with van der Waals surface area (Å²) < 4.78 is -0.880. The van der Waals surface area contributed by atoms with E-state index >= 15 is 0 Å². The fraction of sp³-hybridized carbons (Fsp3) is 1.00. The predicted molar refractivity (Wildman–Crippen MR) is 80.5 cm³/mol. The molecule has 68 valence electrons. The van der Waals surface area contributed by atoms with Crippen LogP contribution in [0.2, 0.25) is 39.3 Å². The molecular formula is C6H18I2Si3. The summed E-state index contributed by atoms with van der Waals surface area (Å²) in [6.45, 7) is 15.4. The molecule has 0 saturated heterocycles. The second kappa shape index (κ2) is 3.70. The van der Waals surface area contributed by atoms with Crippen LogP contribution in [0.5, 0.6) is 0 Å². The first-order valence-corrected chi connectivity index (χ1v) is 21.1. The van der Waals surface area contributed by atoms with Crippen molar-refractivity contribution >= 4 is 60.9 Å². The van der Waals surface area contributed by atoms with Crippen molar-refractivity contribution < 1.29 is 0 Å². The molecule has 0 aliphatic carbocycles. The summed E-state index contributed by atoms with van der Waals surface area (Å²) in [4.78, 5) is 0. The molecule has 0 aliphatic rings. The van der Waals surface area contributed by atoms with E-state index in [4.69, 9.17) is 0 Å². The van der Waals surface area contributed by atoms with E-state index in [1.807, 2.05) is 0 Å². The van der Waals surface area contributed by atoms with Gasteiger partial charge in [0.05, 0.1) is 7.11 Å². The second-order valence-corrected chi connectivity index (χ2v) is 56.0. The number of hydrogen-bond acceptors (Lipinski definition) is 0. The topological polar surface area (TPSA) is 0 Å². The van der Waals surface area contributed by atoms with E-state index in [9.17, 15) is 0 Å². The van der Waals surface area contributed by atoms with Gasteiger partial charge in [0.1, 0.15) is 0 Å². The third-order valence-electron chi connectivity index (χ3n) is 2.97. The molecule has 0 spiro atoms. The molecule has 0 aromatic carbocycles. The van der Waals surface area contributed by atoms with Crippen molar-refractivity contribution in [2.24, 2.45) is 0 Å². The number of hydrogen-bond donors (Lipinski definition) is 0. The minimum Gasteiger partial charge on any atom is -0.109 e. The maximum atomic E-state index is 2.77. The fourth-order valence-electron chi connectivity index (χ4n) is 0.658. The van der Waals surface area contributed by atoms with E-state index in [0.29, 0.717) is 0 Å². The van der Waals surface area contributed by atoms with Crippen molar-refractivity contribution in [3.8, 4) is 0 Å². The van der Waals surface area contributed by atoms with Gasteiger partial charge in [0.25, 0.3) is 0 Å². The van der Waals surface area contributed by atoms with E-state index in [1.54, 1.807) is 0 Å². The summed E-state index contributed by atoms with van der Waals surface area (Å²) in [5.41, 5.74) is 0. The molecule has 0 fully saturated rings. The minimum absolute atomic E-state index is 0.835. The Morgan fingerprint density at radius 2 is 1.00 bits per heavy atom. The maximum Gasteiger partial charge on any atom is 0.176 e. The van der Waals surface area contributed by atoms with Gasteiger partial charge in [-0.25, -0.2) is 0 Å². The van der Waals surface area contributed by atoms with E-state index in [0.717, 1.165) is 0 Å². The van der Waals surface area contributed by atoms with Gasteiger partial charge in [0.2, 0.25) is 0 Å². The zero-order valence-electron chi connectivity index (χ0n) is 8.26. The van der Waals surface area contributed by atoms with Crippen LogP contribution in [-0.2, 0) is 0 Å². The van der Waals surface area contributed by atoms with Gasteiger partial charge in [-0.05, 0) is 0 Å². The SMILES string of the molecule is C[Si](C)(C)[Si](C)(C)[Si](C)(I)I. The van der Waals surface area contributed by atoms with Crippen LogP contribution < -0.4 is 0 Å². The Bertz CT molecular complexity index is 127. The fourth-order valence-corrected chi connectivity index (χ4v) is 61.5. The summed E-state index contributed by atoms with van der Waals surface area (Å²) >= 11 is 5.53. The molecule has 0 aromatic heterocycles. The molecule has 0 rings (SSSR count). The summed E-state index contributed by atoms with van der Waals surface area (Å²) in [5, 5.41) is 0. The lowest BCUT2D eigenvalue weighted by atomic mass is 11.8. The molecule has 0 unspecified atom stereocenters. The first kappa shape index (κ1) is 13.1. The van der Waals surface area contributed by atoms with E-state index in [1.165, 1.54) is 0 Å². The average Bonchev–Trinajstić information content (AvgIpc) is 1.58. The summed E-state index contributed by atoms with van der Waals surface area (Å²) in [5.74, 6) is 0. The predicted octanol–water partition coefficient (Wildman–Crippen LogP) is 4.13. The Kier molecular flexibility index (Phi) is 4.41. The summed E-state index contributed by atoms with van der Waals surface area (Å²) in [6.07, 6.45) is 0. The highest BCUT2D eigenvalue weighted by atomic mass is 127. The van der Waals surface area contributed by atoms with Crippen LogP contribution in [0.3, 0.4) is 0 Å². The van der Waals surface area contributed by atoms with Crippen LogP contribution in [0, 0.1) is 0 Å². The minimum atomic E-state index is -0.880. The van der Waals surface area contributed by atoms with Crippen LogP contribution in [0.1, 0.15) is 0 Å². The first-order chi connectivity index (χ1) is 4.50. The standard InChI is InChI=1S/C6H18I2Si3/c1-9(2,3)10(4,5)11(6,7)8/h1-6H3. The Morgan fingerprint density at radius 1 is 0.727 bits per heavy atom. The Balaban J connectivity index is 4.75. The molecule has 0 nitrogen and oxygen atoms in total. The molecule has 0 radical (unpaired) electrons. The zero-order chi connectivity index (χ0) is 9.50. The van der Waals surface area contributed by atoms with Crippen molar-refractivity contribution in [2.45, 2.75) is 39.3 Å². The van der Waals surface area contributed by atoms with Crippen LogP contribution >= 0.6 is 43.6 Å². The van der Waals surface area contributed by atoms with Crippen LogP contribution in [-0.4, -0.2) is 17.3 Å². The molecule has 0 heterocycles. The summed E-state index contributed by atoms with van der Waals surface area (Å²) in [7, 11) is -1.69. The molecule has 0 aromatic rings. The third kappa shape index (κ3) is 3.06. The molecule has 0 atom stereocenters. The van der Waals surface area contributed by atoms with Crippen molar-refractivity contribution in [2.75, 3.05) is 0 Å². The molecule has 0 bridgehead atoms. The Hall–Kier alpha value is 2.11. The van der Waals surface area contributed by atoms with E-state index < -0.39 is 17.3 Å². The maximum absolute atomic E-state index is 2.77. The lowest BCUT2D eigenvalue weighted by Gasteiger charge is -2.41. The van der Waals surface area contributed by atoms with Gasteiger partial charge in [-0.1, -0.05) is 39.3 Å². The van der Waals surface area contributed by atoms with Crippen molar-refractivity contribution in [1.82, 2.24) is 0 Å². The first-order valence-electron chi connectivity index (χ1n) is 3.88. The normalized spacial score (nSPS) is 15.3. The lowest BCUT2D eigenvalue weighted by Crippen LogP contribution is -2.64. The molecule has 0 saturated carbocycles. The highest BCUT2D eigenvalue weighted by molar-refractivity contribution is 14.3. The van der Waals surface area contributed by atoms with Gasteiger partial charge < -0.3 is 0 Å². The van der Waals surface area contributed by atoms with Crippen LogP contribution in [0.25, 0.3) is 0 Å². The average molecular weight is 428 g/mol. The van der Waals surface area contributed by atoms with E-state index in [2.05, 4.69) is 82.9 Å². The van der Waals surface area contributed by atoms with Crippen LogP contribution in [0.4, 0.5) is 0 Å².